The number of pyridine rings is 3. The molecule has 5 nitrogen and oxygen atoms in total. The molecule has 5 aromatic rings. The van der Waals surface area contributed by atoms with Gasteiger partial charge < -0.3 is 5.73 Å². The van der Waals surface area contributed by atoms with E-state index >= 15 is 0 Å². The molecule has 3 heterocycles. The van der Waals surface area contributed by atoms with E-state index in [1.165, 1.54) is 0 Å². The van der Waals surface area contributed by atoms with Gasteiger partial charge in [-0.1, -0.05) is 56.3 Å². The second-order valence-electron chi connectivity index (χ2n) is 9.13. The molecule has 0 radical (unpaired) electrons. The van der Waals surface area contributed by atoms with Crippen LogP contribution < -0.4 is 10.6 Å². The first-order valence-corrected chi connectivity index (χ1v) is 12.7. The van der Waals surface area contributed by atoms with Crippen molar-refractivity contribution >= 4 is 17.2 Å². The third-order valence-corrected chi connectivity index (χ3v) is 6.98. The van der Waals surface area contributed by atoms with Crippen LogP contribution in [0.3, 0.4) is 0 Å². The van der Waals surface area contributed by atoms with Crippen molar-refractivity contribution in [3.8, 4) is 22.3 Å². The van der Waals surface area contributed by atoms with E-state index in [1.54, 1.807) is 0 Å². The highest BCUT2D eigenvalue weighted by atomic mass is 15.2. The van der Waals surface area contributed by atoms with Crippen molar-refractivity contribution in [1.82, 2.24) is 15.0 Å². The first kappa shape index (κ1) is 24.3. The van der Waals surface area contributed by atoms with Crippen molar-refractivity contribution < 1.29 is 0 Å². The Bertz CT molecular complexity index is 1390. The number of hydrogen-bond acceptors (Lipinski definition) is 5. The minimum Gasteiger partial charge on any atom is -0.320 e. The fourth-order valence-corrected chi connectivity index (χ4v) is 4.58. The molecule has 2 N–H and O–H groups in total. The van der Waals surface area contributed by atoms with Gasteiger partial charge >= 0.3 is 0 Å². The van der Waals surface area contributed by atoms with Gasteiger partial charge in [0.25, 0.3) is 0 Å². The van der Waals surface area contributed by atoms with Gasteiger partial charge in [-0.15, -0.1) is 0 Å². The Labute approximate surface area is 218 Å². The highest BCUT2D eigenvalue weighted by Crippen LogP contribution is 2.36. The van der Waals surface area contributed by atoms with E-state index in [1.807, 2.05) is 73.3 Å². The van der Waals surface area contributed by atoms with Crippen LogP contribution in [0.1, 0.15) is 32.4 Å². The standard InChI is InChI=1S/C32H31N5/c1-3-32(33,4-2)30-17-15-25(21-35-30)29-23-34-20-19-28(29)24-16-18-31(36-22-24)37(26-11-7-5-8-12-26)27-13-9-6-10-14-27/h5-23H,3-4,33H2,1-2H3. The maximum absolute atomic E-state index is 6.56. The molecular weight excluding hydrogens is 454 g/mol. The molecule has 0 spiro atoms. The summed E-state index contributed by atoms with van der Waals surface area (Å²) in [4.78, 5) is 16.2. The normalized spacial score (nSPS) is 11.3. The fraction of sp³-hybridized carbons (Fsp3) is 0.156. The van der Waals surface area contributed by atoms with E-state index in [0.717, 1.165) is 58.0 Å². The maximum Gasteiger partial charge on any atom is 0.137 e. The number of nitrogens with two attached hydrogens (primary N) is 1. The molecule has 0 bridgehead atoms. The Hall–Kier alpha value is -4.35. The second-order valence-corrected chi connectivity index (χ2v) is 9.13. The summed E-state index contributed by atoms with van der Waals surface area (Å²) in [7, 11) is 0. The van der Waals surface area contributed by atoms with E-state index in [4.69, 9.17) is 15.7 Å². The summed E-state index contributed by atoms with van der Waals surface area (Å²) in [5.74, 6) is 0.848. The monoisotopic (exact) mass is 485 g/mol. The first-order chi connectivity index (χ1) is 18.1. The molecule has 2 aromatic carbocycles. The molecule has 0 unspecified atom stereocenters. The van der Waals surface area contributed by atoms with Crippen molar-refractivity contribution in [2.75, 3.05) is 4.90 Å². The van der Waals surface area contributed by atoms with Crippen LogP contribution in [0.4, 0.5) is 17.2 Å². The van der Waals surface area contributed by atoms with Crippen LogP contribution in [0.5, 0.6) is 0 Å². The maximum atomic E-state index is 6.56. The van der Waals surface area contributed by atoms with Gasteiger partial charge in [0.05, 0.1) is 11.2 Å². The van der Waals surface area contributed by atoms with Crippen molar-refractivity contribution in [1.29, 1.82) is 0 Å². The number of nitrogens with zero attached hydrogens (tertiary/aromatic N) is 4. The SMILES string of the molecule is CCC(N)(CC)c1ccc(-c2cnccc2-c2ccc(N(c3ccccc3)c3ccccc3)nc2)cn1. The largest absolute Gasteiger partial charge is 0.320 e. The molecule has 0 aliphatic carbocycles. The molecule has 0 amide bonds. The molecule has 5 heteroatoms. The Morgan fingerprint density at radius 1 is 0.649 bits per heavy atom. The lowest BCUT2D eigenvalue weighted by atomic mass is 9.89. The Morgan fingerprint density at radius 2 is 1.24 bits per heavy atom. The molecule has 184 valence electrons. The molecule has 0 aliphatic rings. The number of rotatable bonds is 8. The van der Waals surface area contributed by atoms with Crippen molar-refractivity contribution in [2.24, 2.45) is 5.73 Å². The summed E-state index contributed by atoms with van der Waals surface area (Å²) in [6.45, 7) is 4.21. The van der Waals surface area contributed by atoms with Gasteiger partial charge in [-0.05, 0) is 66.9 Å². The third kappa shape index (κ3) is 4.99. The zero-order valence-corrected chi connectivity index (χ0v) is 21.3. The quantitative estimate of drug-likeness (QED) is 0.244. The summed E-state index contributed by atoms with van der Waals surface area (Å²) < 4.78 is 0. The van der Waals surface area contributed by atoms with Crippen molar-refractivity contribution in [3.63, 3.8) is 0 Å². The molecule has 3 aromatic heterocycles. The van der Waals surface area contributed by atoms with Crippen LogP contribution in [0, 0.1) is 0 Å². The topological polar surface area (TPSA) is 67.9 Å². The zero-order valence-electron chi connectivity index (χ0n) is 21.3. The number of anilines is 3. The molecule has 0 aliphatic heterocycles. The van der Waals surface area contributed by atoms with E-state index in [2.05, 4.69) is 66.2 Å². The van der Waals surface area contributed by atoms with Gasteiger partial charge in [0, 0.05) is 52.9 Å². The molecule has 5 rings (SSSR count). The van der Waals surface area contributed by atoms with E-state index in [-0.39, 0.29) is 0 Å². The van der Waals surface area contributed by atoms with E-state index in [0.29, 0.717) is 0 Å². The zero-order chi connectivity index (χ0) is 25.7. The van der Waals surface area contributed by atoms with Crippen LogP contribution in [-0.4, -0.2) is 15.0 Å². The summed E-state index contributed by atoms with van der Waals surface area (Å²) in [5, 5.41) is 0. The Kier molecular flexibility index (Phi) is 7.06. The van der Waals surface area contributed by atoms with Crippen LogP contribution in [0.15, 0.2) is 116 Å². The van der Waals surface area contributed by atoms with Gasteiger partial charge in [0.2, 0.25) is 0 Å². The minimum absolute atomic E-state index is 0.403. The average molecular weight is 486 g/mol. The first-order valence-electron chi connectivity index (χ1n) is 12.7. The van der Waals surface area contributed by atoms with Crippen LogP contribution >= 0.6 is 0 Å². The highest BCUT2D eigenvalue weighted by molar-refractivity contribution is 5.83. The second kappa shape index (κ2) is 10.7. The number of aromatic nitrogens is 3. The van der Waals surface area contributed by atoms with Crippen molar-refractivity contribution in [2.45, 2.75) is 32.2 Å². The minimum atomic E-state index is -0.403. The fourth-order valence-electron chi connectivity index (χ4n) is 4.58. The van der Waals surface area contributed by atoms with Gasteiger partial charge in [0.15, 0.2) is 0 Å². The summed E-state index contributed by atoms with van der Waals surface area (Å²) in [5.41, 5.74) is 13.3. The van der Waals surface area contributed by atoms with Crippen LogP contribution in [-0.2, 0) is 5.54 Å². The predicted molar refractivity (Wildman–Crippen MR) is 152 cm³/mol. The third-order valence-electron chi connectivity index (χ3n) is 6.98. The van der Waals surface area contributed by atoms with Crippen LogP contribution in [0.25, 0.3) is 22.3 Å². The van der Waals surface area contributed by atoms with E-state index in [9.17, 15) is 0 Å². The molecular formula is C32H31N5. The van der Waals surface area contributed by atoms with Gasteiger partial charge in [-0.2, -0.15) is 0 Å². The summed E-state index contributed by atoms with van der Waals surface area (Å²) >= 11 is 0. The highest BCUT2D eigenvalue weighted by Gasteiger charge is 2.24. The molecule has 0 saturated carbocycles. The molecule has 0 saturated heterocycles. The number of para-hydroxylation sites is 2. The number of hydrogen-bond donors (Lipinski definition) is 1. The smallest absolute Gasteiger partial charge is 0.137 e. The van der Waals surface area contributed by atoms with E-state index < -0.39 is 5.54 Å². The lowest BCUT2D eigenvalue weighted by molar-refractivity contribution is 0.401. The molecule has 37 heavy (non-hydrogen) atoms. The van der Waals surface area contributed by atoms with Crippen LogP contribution in [0.2, 0.25) is 0 Å². The average Bonchev–Trinajstić information content (AvgIpc) is 2.98. The predicted octanol–water partition coefficient (Wildman–Crippen LogP) is 7.65. The lowest BCUT2D eigenvalue weighted by Gasteiger charge is -2.26. The Morgan fingerprint density at radius 3 is 1.78 bits per heavy atom. The lowest BCUT2D eigenvalue weighted by Crippen LogP contribution is -2.35. The summed E-state index contributed by atoms with van der Waals surface area (Å²) in [6.07, 6.45) is 9.21. The summed E-state index contributed by atoms with van der Waals surface area (Å²) in [6, 6.07) is 30.9. The van der Waals surface area contributed by atoms with Gasteiger partial charge in [-0.3, -0.25) is 14.9 Å². The molecule has 0 atom stereocenters. The Balaban J connectivity index is 1.50. The van der Waals surface area contributed by atoms with Gasteiger partial charge in [0.1, 0.15) is 5.82 Å². The van der Waals surface area contributed by atoms with Crippen molar-refractivity contribution in [3.05, 3.63) is 121 Å². The molecule has 0 fully saturated rings. The number of benzene rings is 2. The van der Waals surface area contributed by atoms with Gasteiger partial charge in [-0.25, -0.2) is 4.98 Å².